The molecule has 1 aromatic carbocycles. The van der Waals surface area contributed by atoms with Gasteiger partial charge in [-0.1, -0.05) is 23.2 Å². The molecule has 0 bridgehead atoms. The Morgan fingerprint density at radius 3 is 2.76 bits per heavy atom. The van der Waals surface area contributed by atoms with Crippen LogP contribution in [-0.2, 0) is 6.42 Å². The quantitative estimate of drug-likeness (QED) is 0.607. The SMILES string of the molecule is Cc1[nH]ncc1CCCNC(C)c1cc(F)c(Cl)cc1Cl. The van der Waals surface area contributed by atoms with Crippen LogP contribution in [-0.4, -0.2) is 16.7 Å². The van der Waals surface area contributed by atoms with Crippen molar-refractivity contribution in [1.29, 1.82) is 0 Å². The van der Waals surface area contributed by atoms with Crippen LogP contribution in [0.25, 0.3) is 0 Å². The Morgan fingerprint density at radius 1 is 1.33 bits per heavy atom. The second-order valence-electron chi connectivity index (χ2n) is 5.09. The van der Waals surface area contributed by atoms with Crippen LogP contribution in [0.1, 0.15) is 36.2 Å². The Labute approximate surface area is 133 Å². The van der Waals surface area contributed by atoms with Gasteiger partial charge >= 0.3 is 0 Å². The number of hydrogen-bond acceptors (Lipinski definition) is 2. The molecule has 0 amide bonds. The molecule has 1 aromatic heterocycles. The largest absolute Gasteiger partial charge is 0.310 e. The zero-order chi connectivity index (χ0) is 15.4. The van der Waals surface area contributed by atoms with E-state index < -0.39 is 5.82 Å². The van der Waals surface area contributed by atoms with Crippen LogP contribution in [0.3, 0.4) is 0 Å². The van der Waals surface area contributed by atoms with Crippen LogP contribution >= 0.6 is 23.2 Å². The minimum Gasteiger partial charge on any atom is -0.310 e. The Hall–Kier alpha value is -1.10. The molecule has 1 unspecified atom stereocenters. The smallest absolute Gasteiger partial charge is 0.142 e. The van der Waals surface area contributed by atoms with Gasteiger partial charge in [0.1, 0.15) is 5.82 Å². The van der Waals surface area contributed by atoms with E-state index in [9.17, 15) is 4.39 Å². The topological polar surface area (TPSA) is 40.7 Å². The van der Waals surface area contributed by atoms with Crippen LogP contribution in [0.4, 0.5) is 4.39 Å². The zero-order valence-corrected chi connectivity index (χ0v) is 13.5. The number of rotatable bonds is 6. The van der Waals surface area contributed by atoms with Crippen molar-refractivity contribution in [2.75, 3.05) is 6.54 Å². The molecule has 21 heavy (non-hydrogen) atoms. The third kappa shape index (κ3) is 4.19. The predicted molar refractivity (Wildman–Crippen MR) is 84.5 cm³/mol. The van der Waals surface area contributed by atoms with E-state index in [4.69, 9.17) is 23.2 Å². The van der Waals surface area contributed by atoms with E-state index in [0.717, 1.165) is 30.6 Å². The van der Waals surface area contributed by atoms with Gasteiger partial charge in [0.25, 0.3) is 0 Å². The molecular formula is C15H18Cl2FN3. The Kier molecular flexibility index (Phi) is 5.62. The maximum Gasteiger partial charge on any atom is 0.142 e. The number of aromatic amines is 1. The third-order valence-corrected chi connectivity index (χ3v) is 4.13. The van der Waals surface area contributed by atoms with E-state index in [0.29, 0.717) is 5.02 Å². The summed E-state index contributed by atoms with van der Waals surface area (Å²) in [4.78, 5) is 0. The Balaban J connectivity index is 1.86. The summed E-state index contributed by atoms with van der Waals surface area (Å²) in [6.07, 6.45) is 3.77. The molecule has 0 saturated carbocycles. The molecule has 2 N–H and O–H groups in total. The molecule has 2 rings (SSSR count). The van der Waals surface area contributed by atoms with Crippen molar-refractivity contribution in [3.63, 3.8) is 0 Å². The van der Waals surface area contributed by atoms with Gasteiger partial charge in [0.05, 0.1) is 11.2 Å². The molecule has 0 radical (unpaired) electrons. The lowest BCUT2D eigenvalue weighted by atomic mass is 10.1. The monoisotopic (exact) mass is 329 g/mol. The van der Waals surface area contributed by atoms with Crippen molar-refractivity contribution in [3.05, 3.63) is 51.0 Å². The van der Waals surface area contributed by atoms with Crippen LogP contribution in [0.5, 0.6) is 0 Å². The maximum absolute atomic E-state index is 13.5. The number of H-pyrrole nitrogens is 1. The maximum atomic E-state index is 13.5. The number of aryl methyl sites for hydroxylation is 2. The average molecular weight is 330 g/mol. The number of nitrogens with one attached hydrogen (secondary N) is 2. The molecule has 2 aromatic rings. The van der Waals surface area contributed by atoms with Crippen LogP contribution in [0.2, 0.25) is 10.0 Å². The molecule has 6 heteroatoms. The Bertz CT molecular complexity index is 613. The minimum absolute atomic E-state index is 0.0327. The van der Waals surface area contributed by atoms with E-state index in [1.54, 1.807) is 0 Å². The fraction of sp³-hybridized carbons (Fsp3) is 0.400. The van der Waals surface area contributed by atoms with Crippen LogP contribution < -0.4 is 5.32 Å². The first-order valence-corrected chi connectivity index (χ1v) is 7.61. The highest BCUT2D eigenvalue weighted by Crippen LogP contribution is 2.28. The van der Waals surface area contributed by atoms with Gasteiger partial charge in [0.2, 0.25) is 0 Å². The van der Waals surface area contributed by atoms with Gasteiger partial charge in [-0.25, -0.2) is 4.39 Å². The lowest BCUT2D eigenvalue weighted by Crippen LogP contribution is -2.20. The number of hydrogen-bond donors (Lipinski definition) is 2. The van der Waals surface area contributed by atoms with Crippen LogP contribution in [0, 0.1) is 12.7 Å². The fourth-order valence-corrected chi connectivity index (χ4v) is 2.75. The molecule has 0 spiro atoms. The van der Waals surface area contributed by atoms with Gasteiger partial charge in [-0.15, -0.1) is 0 Å². The zero-order valence-electron chi connectivity index (χ0n) is 12.0. The molecule has 0 aliphatic heterocycles. The van der Waals surface area contributed by atoms with E-state index in [2.05, 4.69) is 15.5 Å². The normalized spacial score (nSPS) is 12.6. The fourth-order valence-electron chi connectivity index (χ4n) is 2.20. The molecule has 0 saturated heterocycles. The number of aromatic nitrogens is 2. The summed E-state index contributed by atoms with van der Waals surface area (Å²) in [6.45, 7) is 4.78. The standard InChI is InChI=1S/C15H18Cl2FN3/c1-9-11(8-20-21-9)4-3-5-19-10(2)12-6-15(18)14(17)7-13(12)16/h6-8,10,19H,3-5H2,1-2H3,(H,20,21). The number of halogens is 3. The summed E-state index contributed by atoms with van der Waals surface area (Å²) in [7, 11) is 0. The van der Waals surface area contributed by atoms with Crippen molar-refractivity contribution in [1.82, 2.24) is 15.5 Å². The lowest BCUT2D eigenvalue weighted by molar-refractivity contribution is 0.551. The molecule has 1 heterocycles. The average Bonchev–Trinajstić information content (AvgIpc) is 2.84. The highest BCUT2D eigenvalue weighted by Gasteiger charge is 2.13. The van der Waals surface area contributed by atoms with Crippen molar-refractivity contribution < 1.29 is 4.39 Å². The van der Waals surface area contributed by atoms with E-state index >= 15 is 0 Å². The molecule has 3 nitrogen and oxygen atoms in total. The summed E-state index contributed by atoms with van der Waals surface area (Å²) >= 11 is 11.8. The lowest BCUT2D eigenvalue weighted by Gasteiger charge is -2.16. The predicted octanol–water partition coefficient (Wildman–Crippen LogP) is 4.45. The molecular weight excluding hydrogens is 312 g/mol. The van der Waals surface area contributed by atoms with Crippen molar-refractivity contribution in [3.8, 4) is 0 Å². The van der Waals surface area contributed by atoms with Gasteiger partial charge in [-0.3, -0.25) is 5.10 Å². The van der Waals surface area contributed by atoms with E-state index in [1.165, 1.54) is 17.7 Å². The summed E-state index contributed by atoms with van der Waals surface area (Å²) in [6, 6.07) is 2.80. The van der Waals surface area contributed by atoms with Gasteiger partial charge < -0.3 is 5.32 Å². The molecule has 0 aliphatic carbocycles. The van der Waals surface area contributed by atoms with Crippen molar-refractivity contribution in [2.45, 2.75) is 32.7 Å². The van der Waals surface area contributed by atoms with Crippen LogP contribution in [0.15, 0.2) is 18.3 Å². The summed E-state index contributed by atoms with van der Waals surface area (Å²) < 4.78 is 13.5. The first-order valence-electron chi connectivity index (χ1n) is 6.85. The molecule has 114 valence electrons. The molecule has 1 atom stereocenters. The van der Waals surface area contributed by atoms with E-state index in [-0.39, 0.29) is 11.1 Å². The van der Waals surface area contributed by atoms with Gasteiger partial charge in [0, 0.05) is 16.8 Å². The first-order chi connectivity index (χ1) is 9.99. The number of benzene rings is 1. The summed E-state index contributed by atoms with van der Waals surface area (Å²) in [5, 5.41) is 10.8. The first kappa shape index (κ1) is 16.3. The van der Waals surface area contributed by atoms with Gasteiger partial charge in [-0.05, 0) is 56.5 Å². The van der Waals surface area contributed by atoms with Gasteiger partial charge in [-0.2, -0.15) is 5.10 Å². The second kappa shape index (κ2) is 7.25. The summed E-state index contributed by atoms with van der Waals surface area (Å²) in [5.41, 5.74) is 3.05. The third-order valence-electron chi connectivity index (χ3n) is 3.51. The minimum atomic E-state index is -0.446. The highest BCUT2D eigenvalue weighted by molar-refractivity contribution is 6.35. The number of nitrogens with zero attached hydrogens (tertiary/aromatic N) is 1. The Morgan fingerprint density at radius 2 is 2.10 bits per heavy atom. The summed E-state index contributed by atoms with van der Waals surface area (Å²) in [5.74, 6) is -0.446. The van der Waals surface area contributed by atoms with Crippen molar-refractivity contribution >= 4 is 23.2 Å². The molecule has 0 aliphatic rings. The molecule has 0 fully saturated rings. The van der Waals surface area contributed by atoms with Gasteiger partial charge in [0.15, 0.2) is 0 Å². The highest BCUT2D eigenvalue weighted by atomic mass is 35.5. The van der Waals surface area contributed by atoms with E-state index in [1.807, 2.05) is 20.0 Å². The van der Waals surface area contributed by atoms with Crippen molar-refractivity contribution in [2.24, 2.45) is 0 Å². The second-order valence-corrected chi connectivity index (χ2v) is 5.90.